The van der Waals surface area contributed by atoms with Crippen molar-refractivity contribution < 1.29 is 18.9 Å². The molecule has 0 spiro atoms. The van der Waals surface area contributed by atoms with Gasteiger partial charge in [-0.05, 0) is 148 Å². The fourth-order valence-corrected chi connectivity index (χ4v) is 12.4. The van der Waals surface area contributed by atoms with E-state index in [2.05, 4.69) is 13.0 Å². The van der Waals surface area contributed by atoms with Gasteiger partial charge >= 0.3 is 0 Å². The van der Waals surface area contributed by atoms with E-state index >= 15 is 0 Å². The van der Waals surface area contributed by atoms with Crippen LogP contribution in [0.25, 0.3) is 0 Å². The van der Waals surface area contributed by atoms with E-state index in [1.54, 1.807) is 11.1 Å². The van der Waals surface area contributed by atoms with Gasteiger partial charge in [0.05, 0.1) is 13.2 Å². The highest BCUT2D eigenvalue weighted by Gasteiger charge is 2.56. The highest BCUT2D eigenvalue weighted by atomic mass is 16.6. The molecule has 10 fully saturated rings. The normalized spacial score (nSPS) is 43.6. The Morgan fingerprint density at radius 1 is 0.667 bits per heavy atom. The standard InChI is InChI=1S/C38H54O4/c1-2-3-4-5-6-32-33(37-14-24-7-25(15-37)9-26(8-24)16-37)13-34(41-22-30-20-39-30)35(36(32)42-23-31-21-40-31)38-17-27-10-28(18-38)12-29(11-27)19-38/h13,24-31H,2-12,14-23H2,1H3. The topological polar surface area (TPSA) is 43.5 Å². The molecule has 0 amide bonds. The quantitative estimate of drug-likeness (QED) is 0.176. The molecule has 2 atom stereocenters. The van der Waals surface area contributed by atoms with E-state index in [0.29, 0.717) is 18.6 Å². The summed E-state index contributed by atoms with van der Waals surface area (Å²) in [5, 5.41) is 0. The van der Waals surface area contributed by atoms with Crippen LogP contribution in [0.15, 0.2) is 6.07 Å². The number of ether oxygens (including phenoxy) is 4. The molecule has 1 aromatic rings. The van der Waals surface area contributed by atoms with E-state index in [1.807, 2.05) is 0 Å². The van der Waals surface area contributed by atoms with Gasteiger partial charge in [-0.25, -0.2) is 0 Å². The number of benzene rings is 1. The van der Waals surface area contributed by atoms with Crippen molar-refractivity contribution in [2.24, 2.45) is 35.5 Å². The first kappa shape index (κ1) is 27.1. The van der Waals surface area contributed by atoms with Crippen LogP contribution in [-0.4, -0.2) is 38.6 Å². The zero-order valence-corrected chi connectivity index (χ0v) is 26.2. The van der Waals surface area contributed by atoms with Gasteiger partial charge in [-0.3, -0.25) is 0 Å². The van der Waals surface area contributed by atoms with Crippen molar-refractivity contribution in [2.45, 2.75) is 139 Å². The number of rotatable bonds is 13. The van der Waals surface area contributed by atoms with Crippen molar-refractivity contribution in [3.05, 3.63) is 22.8 Å². The zero-order chi connectivity index (χ0) is 27.9. The Bertz CT molecular complexity index is 1110. The van der Waals surface area contributed by atoms with Crippen molar-refractivity contribution in [2.75, 3.05) is 26.4 Å². The molecular formula is C38H54O4. The van der Waals surface area contributed by atoms with Crippen LogP contribution >= 0.6 is 0 Å². The third-order valence-electron chi connectivity index (χ3n) is 13.4. The average molecular weight is 575 g/mol. The summed E-state index contributed by atoms with van der Waals surface area (Å²) in [6.45, 7) is 5.45. The zero-order valence-electron chi connectivity index (χ0n) is 26.2. The van der Waals surface area contributed by atoms with E-state index in [0.717, 1.165) is 48.7 Å². The summed E-state index contributed by atoms with van der Waals surface area (Å²) in [6.07, 6.45) is 24.0. The molecule has 8 bridgehead atoms. The van der Waals surface area contributed by atoms with E-state index < -0.39 is 0 Å². The maximum absolute atomic E-state index is 7.17. The number of hydrogen-bond acceptors (Lipinski definition) is 4. The lowest BCUT2D eigenvalue weighted by atomic mass is 9.46. The number of epoxide rings is 2. The molecule has 0 radical (unpaired) electrons. The smallest absolute Gasteiger partial charge is 0.130 e. The first-order valence-electron chi connectivity index (χ1n) is 18.3. The Hall–Kier alpha value is -1.26. The summed E-state index contributed by atoms with van der Waals surface area (Å²) in [4.78, 5) is 0. The minimum Gasteiger partial charge on any atom is -0.490 e. The minimum atomic E-state index is 0.229. The van der Waals surface area contributed by atoms with Crippen LogP contribution in [0.1, 0.15) is 126 Å². The lowest BCUT2D eigenvalue weighted by Crippen LogP contribution is -2.50. The van der Waals surface area contributed by atoms with Crippen molar-refractivity contribution in [3.8, 4) is 11.5 Å². The van der Waals surface area contributed by atoms with Gasteiger partial charge in [0.15, 0.2) is 0 Å². The molecule has 42 heavy (non-hydrogen) atoms. The fraction of sp³-hybridized carbons (Fsp3) is 0.842. The minimum absolute atomic E-state index is 0.229. The predicted molar refractivity (Wildman–Crippen MR) is 164 cm³/mol. The molecule has 11 rings (SSSR count). The SMILES string of the molecule is CCCCCCc1c(C23CC4CC(CC(C4)C2)C3)cc(OCC2CO2)c(C23CC4CC(CC(C4)C2)C3)c1OCC1CO1. The highest BCUT2D eigenvalue weighted by molar-refractivity contribution is 5.61. The first-order valence-corrected chi connectivity index (χ1v) is 18.3. The summed E-state index contributed by atoms with van der Waals surface area (Å²) >= 11 is 0. The fourth-order valence-electron chi connectivity index (χ4n) is 12.4. The summed E-state index contributed by atoms with van der Waals surface area (Å²) in [7, 11) is 0. The Labute approximate surface area is 254 Å². The Morgan fingerprint density at radius 2 is 1.17 bits per heavy atom. The molecule has 230 valence electrons. The molecule has 10 aliphatic rings. The van der Waals surface area contributed by atoms with Gasteiger partial charge in [0.1, 0.15) is 36.9 Å². The van der Waals surface area contributed by atoms with Crippen LogP contribution < -0.4 is 9.47 Å². The molecule has 2 aliphatic heterocycles. The summed E-state index contributed by atoms with van der Waals surface area (Å²) in [5.41, 5.74) is 5.32. The van der Waals surface area contributed by atoms with Gasteiger partial charge in [0, 0.05) is 11.0 Å². The first-order chi connectivity index (χ1) is 20.6. The largest absolute Gasteiger partial charge is 0.490 e. The Balaban J connectivity index is 1.21. The van der Waals surface area contributed by atoms with Gasteiger partial charge in [-0.1, -0.05) is 26.2 Å². The van der Waals surface area contributed by atoms with Crippen LogP contribution in [0.2, 0.25) is 0 Å². The third-order valence-corrected chi connectivity index (χ3v) is 13.4. The summed E-state index contributed by atoms with van der Waals surface area (Å²) in [5.74, 6) is 7.96. The predicted octanol–water partition coefficient (Wildman–Crippen LogP) is 8.30. The van der Waals surface area contributed by atoms with E-state index in [-0.39, 0.29) is 17.6 Å². The molecule has 2 heterocycles. The Morgan fingerprint density at radius 3 is 1.67 bits per heavy atom. The second-order valence-electron chi connectivity index (χ2n) is 16.8. The van der Waals surface area contributed by atoms with E-state index in [9.17, 15) is 0 Å². The average Bonchev–Trinajstić information content (AvgIpc) is 3.87. The Kier molecular flexibility index (Phi) is 6.70. The molecule has 8 saturated carbocycles. The molecule has 2 unspecified atom stereocenters. The van der Waals surface area contributed by atoms with Gasteiger partial charge in [0.2, 0.25) is 0 Å². The molecule has 0 aromatic heterocycles. The van der Waals surface area contributed by atoms with Crippen molar-refractivity contribution >= 4 is 0 Å². The lowest BCUT2D eigenvalue weighted by molar-refractivity contribution is -0.00962. The molecule has 2 saturated heterocycles. The molecule has 1 aromatic carbocycles. The molecule has 4 nitrogen and oxygen atoms in total. The van der Waals surface area contributed by atoms with Crippen molar-refractivity contribution in [1.82, 2.24) is 0 Å². The van der Waals surface area contributed by atoms with Gasteiger partial charge in [-0.2, -0.15) is 0 Å². The van der Waals surface area contributed by atoms with Gasteiger partial charge in [0.25, 0.3) is 0 Å². The third kappa shape index (κ3) is 4.84. The van der Waals surface area contributed by atoms with E-state index in [4.69, 9.17) is 18.9 Å². The summed E-state index contributed by atoms with van der Waals surface area (Å²) < 4.78 is 25.6. The van der Waals surface area contributed by atoms with Crippen LogP contribution in [0, 0.1) is 35.5 Å². The molecule has 0 N–H and O–H groups in total. The van der Waals surface area contributed by atoms with Crippen molar-refractivity contribution in [1.29, 1.82) is 0 Å². The van der Waals surface area contributed by atoms with E-state index in [1.165, 1.54) is 126 Å². The van der Waals surface area contributed by atoms with Gasteiger partial charge in [-0.15, -0.1) is 0 Å². The van der Waals surface area contributed by atoms with Crippen LogP contribution in [0.3, 0.4) is 0 Å². The van der Waals surface area contributed by atoms with Crippen molar-refractivity contribution in [3.63, 3.8) is 0 Å². The monoisotopic (exact) mass is 574 g/mol. The lowest BCUT2D eigenvalue weighted by Gasteiger charge is -2.59. The van der Waals surface area contributed by atoms with Crippen LogP contribution in [0.4, 0.5) is 0 Å². The number of unbranched alkanes of at least 4 members (excludes halogenated alkanes) is 3. The highest BCUT2D eigenvalue weighted by Crippen LogP contribution is 2.66. The maximum Gasteiger partial charge on any atom is 0.130 e. The molecule has 4 heteroatoms. The summed E-state index contributed by atoms with van der Waals surface area (Å²) in [6, 6.07) is 2.65. The second kappa shape index (κ2) is 10.4. The molecular weight excluding hydrogens is 520 g/mol. The number of hydrogen-bond donors (Lipinski definition) is 0. The van der Waals surface area contributed by atoms with Gasteiger partial charge < -0.3 is 18.9 Å². The second-order valence-corrected chi connectivity index (χ2v) is 16.8. The van der Waals surface area contributed by atoms with Crippen LogP contribution in [0.5, 0.6) is 11.5 Å². The van der Waals surface area contributed by atoms with Crippen LogP contribution in [-0.2, 0) is 26.7 Å². The molecule has 8 aliphatic carbocycles. The maximum atomic E-state index is 7.17.